The van der Waals surface area contributed by atoms with Crippen molar-refractivity contribution in [2.24, 2.45) is 22.7 Å². The van der Waals surface area contributed by atoms with Crippen molar-refractivity contribution in [3.63, 3.8) is 0 Å². The van der Waals surface area contributed by atoms with Crippen LogP contribution in [0.25, 0.3) is 0 Å². The zero-order valence-electron chi connectivity index (χ0n) is 8.76. The molecule has 3 atom stereocenters. The van der Waals surface area contributed by atoms with Gasteiger partial charge in [0.05, 0.1) is 0 Å². The van der Waals surface area contributed by atoms with Crippen molar-refractivity contribution in [2.75, 3.05) is 0 Å². The molecule has 0 N–H and O–H groups in total. The summed E-state index contributed by atoms with van der Waals surface area (Å²) in [6.07, 6.45) is 3.80. The number of allylic oxidation sites excluding steroid dienone is 1. The number of Topliss-reactive ketones (excluding diaryl/α,β-unsaturated/α-hetero) is 1. The van der Waals surface area contributed by atoms with E-state index in [1.807, 2.05) is 6.08 Å². The molecular weight excluding hydrogens is 160 g/mol. The van der Waals surface area contributed by atoms with Crippen molar-refractivity contribution < 1.29 is 4.79 Å². The summed E-state index contributed by atoms with van der Waals surface area (Å²) in [6.45, 7) is 10.5. The van der Waals surface area contributed by atoms with Crippen molar-refractivity contribution in [3.8, 4) is 0 Å². The third-order valence-corrected chi connectivity index (χ3v) is 4.47. The fourth-order valence-electron chi connectivity index (χ4n) is 3.43. The van der Waals surface area contributed by atoms with E-state index in [1.54, 1.807) is 0 Å². The quantitative estimate of drug-likeness (QED) is 0.564. The second-order valence-corrected chi connectivity index (χ2v) is 5.52. The van der Waals surface area contributed by atoms with Gasteiger partial charge in [0.2, 0.25) is 0 Å². The standard InChI is InChI=1S/C12H18O/c1-5-12(4)7-9(13)8-6-10(12)11(8,2)3/h5,8,10H,1,6-7H2,2-4H3/t8?,10?,12-/m1/s1. The lowest BCUT2D eigenvalue weighted by Crippen LogP contribution is -2.60. The molecule has 3 aliphatic carbocycles. The number of hydrogen-bond donors (Lipinski definition) is 0. The summed E-state index contributed by atoms with van der Waals surface area (Å²) in [5.74, 6) is 1.46. The van der Waals surface area contributed by atoms with Crippen LogP contribution in [0.15, 0.2) is 12.7 Å². The molecule has 0 radical (unpaired) electrons. The molecule has 3 aliphatic rings. The molecule has 0 aromatic heterocycles. The van der Waals surface area contributed by atoms with Gasteiger partial charge in [-0.25, -0.2) is 0 Å². The first-order valence-electron chi connectivity index (χ1n) is 5.08. The van der Waals surface area contributed by atoms with Gasteiger partial charge in [-0.1, -0.05) is 26.8 Å². The number of carbonyl (C=O) groups excluding carboxylic acids is 1. The monoisotopic (exact) mass is 178 g/mol. The Morgan fingerprint density at radius 3 is 2.46 bits per heavy atom. The predicted molar refractivity (Wildman–Crippen MR) is 53.3 cm³/mol. The Morgan fingerprint density at radius 1 is 1.46 bits per heavy atom. The summed E-state index contributed by atoms with van der Waals surface area (Å²) >= 11 is 0. The summed E-state index contributed by atoms with van der Waals surface area (Å²) in [7, 11) is 0. The summed E-state index contributed by atoms with van der Waals surface area (Å²) in [4.78, 5) is 11.8. The molecule has 0 aromatic carbocycles. The lowest BCUT2D eigenvalue weighted by molar-refractivity contribution is -0.165. The van der Waals surface area contributed by atoms with Gasteiger partial charge in [-0.2, -0.15) is 0 Å². The minimum Gasteiger partial charge on any atom is -0.299 e. The Hall–Kier alpha value is -0.590. The zero-order valence-corrected chi connectivity index (χ0v) is 8.76. The zero-order chi connectivity index (χ0) is 9.85. The highest BCUT2D eigenvalue weighted by molar-refractivity contribution is 5.85. The van der Waals surface area contributed by atoms with Crippen LogP contribution in [-0.4, -0.2) is 5.78 Å². The molecule has 1 nitrogen and oxygen atoms in total. The van der Waals surface area contributed by atoms with Gasteiger partial charge in [0, 0.05) is 12.3 Å². The van der Waals surface area contributed by atoms with Gasteiger partial charge in [-0.15, -0.1) is 6.58 Å². The molecule has 0 saturated heterocycles. The van der Waals surface area contributed by atoms with Crippen LogP contribution in [0.4, 0.5) is 0 Å². The minimum absolute atomic E-state index is 0.0648. The minimum atomic E-state index is 0.0648. The highest BCUT2D eigenvalue weighted by Gasteiger charge is 2.61. The maximum atomic E-state index is 11.8. The van der Waals surface area contributed by atoms with Crippen LogP contribution < -0.4 is 0 Å². The summed E-state index contributed by atoms with van der Waals surface area (Å²) in [5, 5.41) is 0. The fraction of sp³-hybridized carbons (Fsp3) is 0.750. The van der Waals surface area contributed by atoms with Crippen LogP contribution >= 0.6 is 0 Å². The van der Waals surface area contributed by atoms with E-state index in [0.717, 1.165) is 12.8 Å². The lowest BCUT2D eigenvalue weighted by Gasteiger charge is -2.62. The Kier molecular flexibility index (Phi) is 1.56. The number of ketones is 1. The smallest absolute Gasteiger partial charge is 0.137 e. The molecule has 0 spiro atoms. The molecule has 3 saturated carbocycles. The Morgan fingerprint density at radius 2 is 2.08 bits per heavy atom. The van der Waals surface area contributed by atoms with Crippen molar-refractivity contribution in [1.29, 1.82) is 0 Å². The first-order chi connectivity index (χ1) is 5.92. The SMILES string of the molecule is C=C[C@]1(C)CC(=O)C2CC1C2(C)C. The van der Waals surface area contributed by atoms with E-state index < -0.39 is 0 Å². The van der Waals surface area contributed by atoms with E-state index >= 15 is 0 Å². The van der Waals surface area contributed by atoms with E-state index in [-0.39, 0.29) is 10.8 Å². The van der Waals surface area contributed by atoms with Crippen molar-refractivity contribution in [1.82, 2.24) is 0 Å². The van der Waals surface area contributed by atoms with Crippen LogP contribution in [-0.2, 0) is 4.79 Å². The van der Waals surface area contributed by atoms with E-state index in [9.17, 15) is 4.79 Å². The molecule has 0 heterocycles. The first-order valence-corrected chi connectivity index (χ1v) is 5.08. The molecule has 3 fully saturated rings. The van der Waals surface area contributed by atoms with Gasteiger partial charge in [0.1, 0.15) is 5.78 Å². The molecule has 0 aliphatic heterocycles. The second kappa shape index (κ2) is 2.26. The maximum absolute atomic E-state index is 11.8. The molecule has 13 heavy (non-hydrogen) atoms. The van der Waals surface area contributed by atoms with E-state index in [4.69, 9.17) is 0 Å². The summed E-state index contributed by atoms with van der Waals surface area (Å²) in [6, 6.07) is 0. The largest absolute Gasteiger partial charge is 0.299 e. The van der Waals surface area contributed by atoms with Crippen molar-refractivity contribution >= 4 is 5.78 Å². The average molecular weight is 178 g/mol. The summed E-state index contributed by atoms with van der Waals surface area (Å²) < 4.78 is 0. The molecule has 0 amide bonds. The van der Waals surface area contributed by atoms with Crippen molar-refractivity contribution in [3.05, 3.63) is 12.7 Å². The number of hydrogen-bond acceptors (Lipinski definition) is 1. The molecule has 0 aromatic rings. The van der Waals surface area contributed by atoms with E-state index in [2.05, 4.69) is 27.4 Å². The van der Waals surface area contributed by atoms with Crippen LogP contribution in [0.3, 0.4) is 0 Å². The van der Waals surface area contributed by atoms with E-state index in [1.165, 1.54) is 0 Å². The van der Waals surface area contributed by atoms with Gasteiger partial charge in [0.25, 0.3) is 0 Å². The highest BCUT2D eigenvalue weighted by atomic mass is 16.1. The maximum Gasteiger partial charge on any atom is 0.137 e. The molecular formula is C12H18O. The van der Waals surface area contributed by atoms with Crippen LogP contribution in [0.1, 0.15) is 33.6 Å². The Bertz CT molecular complexity index is 277. The molecule has 1 heteroatoms. The predicted octanol–water partition coefficient (Wildman–Crippen LogP) is 2.81. The summed E-state index contributed by atoms with van der Waals surface area (Å²) in [5.41, 5.74) is 0.285. The third kappa shape index (κ3) is 0.905. The average Bonchev–Trinajstić information content (AvgIpc) is 2.02. The number of carbonyl (C=O) groups is 1. The molecule has 72 valence electrons. The van der Waals surface area contributed by atoms with Crippen LogP contribution in [0, 0.1) is 22.7 Å². The second-order valence-electron chi connectivity index (χ2n) is 5.52. The van der Waals surface area contributed by atoms with Crippen LogP contribution in [0.5, 0.6) is 0 Å². The van der Waals surface area contributed by atoms with E-state index in [0.29, 0.717) is 17.6 Å². The fourth-order valence-corrected chi connectivity index (χ4v) is 3.43. The number of rotatable bonds is 1. The third-order valence-electron chi connectivity index (χ3n) is 4.47. The number of fused-ring (bicyclic) bond motifs is 2. The van der Waals surface area contributed by atoms with Crippen molar-refractivity contribution in [2.45, 2.75) is 33.6 Å². The van der Waals surface area contributed by atoms with Gasteiger partial charge in [0.15, 0.2) is 0 Å². The van der Waals surface area contributed by atoms with Crippen LogP contribution in [0.2, 0.25) is 0 Å². The van der Waals surface area contributed by atoms with Gasteiger partial charge >= 0.3 is 0 Å². The molecule has 3 rings (SSSR count). The Balaban J connectivity index is 2.37. The van der Waals surface area contributed by atoms with Gasteiger partial charge in [-0.05, 0) is 23.2 Å². The normalized spacial score (nSPS) is 46.8. The molecule has 2 bridgehead atoms. The first kappa shape index (κ1) is 8.98. The molecule has 2 unspecified atom stereocenters. The topological polar surface area (TPSA) is 17.1 Å². The Labute approximate surface area is 80.2 Å². The van der Waals surface area contributed by atoms with Gasteiger partial charge < -0.3 is 0 Å². The lowest BCUT2D eigenvalue weighted by atomic mass is 9.41. The van der Waals surface area contributed by atoms with Gasteiger partial charge in [-0.3, -0.25) is 4.79 Å². The highest BCUT2D eigenvalue weighted by Crippen LogP contribution is 2.64.